The van der Waals surface area contributed by atoms with Crippen LogP contribution in [-0.4, -0.2) is 39.6 Å². The van der Waals surface area contributed by atoms with Crippen LogP contribution in [0.1, 0.15) is 20.3 Å². The molecule has 0 heterocycles. The van der Waals surface area contributed by atoms with E-state index < -0.39 is 22.0 Å². The third-order valence-electron chi connectivity index (χ3n) is 3.42. The largest absolute Gasteiger partial charge is 0.480 e. The monoisotopic (exact) mass is 314 g/mol. The lowest BCUT2D eigenvalue weighted by molar-refractivity contribution is -0.140. The highest BCUT2D eigenvalue weighted by Crippen LogP contribution is 2.18. The highest BCUT2D eigenvalue weighted by Gasteiger charge is 2.29. The molecule has 0 saturated heterocycles. The molecule has 0 spiro atoms. The topological polar surface area (TPSA) is 86.7 Å². The molecule has 6 nitrogen and oxygen atoms in total. The van der Waals surface area contributed by atoms with Gasteiger partial charge in [0.05, 0.1) is 4.90 Å². The van der Waals surface area contributed by atoms with Gasteiger partial charge in [0.1, 0.15) is 6.04 Å². The first-order valence-electron chi connectivity index (χ1n) is 6.71. The number of carboxylic acid groups (broad SMARTS) is 1. The van der Waals surface area contributed by atoms with E-state index in [0.29, 0.717) is 6.42 Å². The summed E-state index contributed by atoms with van der Waals surface area (Å²) in [6, 6.07) is 5.15. The highest BCUT2D eigenvalue weighted by molar-refractivity contribution is 7.89. The molecule has 0 amide bonds. The molecule has 0 aromatic heterocycles. The molecule has 0 radical (unpaired) electrons. The van der Waals surface area contributed by atoms with E-state index in [1.165, 1.54) is 12.1 Å². The zero-order chi connectivity index (χ0) is 16.2. The van der Waals surface area contributed by atoms with E-state index in [2.05, 4.69) is 4.72 Å². The van der Waals surface area contributed by atoms with Gasteiger partial charge in [-0.1, -0.05) is 20.3 Å². The number of carbonyl (C=O) groups is 1. The Kier molecular flexibility index (Phi) is 5.74. The van der Waals surface area contributed by atoms with Gasteiger partial charge in [-0.15, -0.1) is 0 Å². The van der Waals surface area contributed by atoms with Crippen molar-refractivity contribution in [2.75, 3.05) is 19.0 Å². The molecule has 0 fully saturated rings. The molecule has 0 aliphatic heterocycles. The number of nitrogens with zero attached hydrogens (tertiary/aromatic N) is 1. The molecule has 2 atom stereocenters. The lowest BCUT2D eigenvalue weighted by Crippen LogP contribution is -2.44. The molecule has 1 aromatic rings. The fraction of sp³-hybridized carbons (Fsp3) is 0.500. The van der Waals surface area contributed by atoms with Crippen molar-refractivity contribution < 1.29 is 18.3 Å². The van der Waals surface area contributed by atoms with Crippen LogP contribution in [0, 0.1) is 5.92 Å². The van der Waals surface area contributed by atoms with E-state index in [9.17, 15) is 13.2 Å². The summed E-state index contributed by atoms with van der Waals surface area (Å²) in [6.45, 7) is 3.53. The first kappa shape index (κ1) is 17.5. The standard InChI is InChI=1S/C14H22N2O4S/c1-5-10(2)13(14(17)18)15-21(19,20)12-8-6-11(7-9-12)16(3)4/h6-10,13,15H,5H2,1-4H3,(H,17,18)/t10-,13-/m0/s1. The molecule has 0 bridgehead atoms. The van der Waals surface area contributed by atoms with Crippen molar-refractivity contribution in [1.82, 2.24) is 4.72 Å². The second-order valence-electron chi connectivity index (χ2n) is 5.21. The van der Waals surface area contributed by atoms with Gasteiger partial charge in [0.25, 0.3) is 0 Å². The van der Waals surface area contributed by atoms with Crippen LogP contribution in [0.5, 0.6) is 0 Å². The van der Waals surface area contributed by atoms with Crippen LogP contribution in [0.15, 0.2) is 29.2 Å². The minimum atomic E-state index is -3.85. The first-order valence-corrected chi connectivity index (χ1v) is 8.20. The average molecular weight is 314 g/mol. The third kappa shape index (κ3) is 4.44. The van der Waals surface area contributed by atoms with Gasteiger partial charge < -0.3 is 10.0 Å². The van der Waals surface area contributed by atoms with Gasteiger partial charge in [-0.3, -0.25) is 4.79 Å². The molecule has 21 heavy (non-hydrogen) atoms. The van der Waals surface area contributed by atoms with Crippen molar-refractivity contribution in [3.63, 3.8) is 0 Å². The van der Waals surface area contributed by atoms with Crippen LogP contribution in [0.4, 0.5) is 5.69 Å². The lowest BCUT2D eigenvalue weighted by Gasteiger charge is -2.20. The molecule has 0 unspecified atom stereocenters. The van der Waals surface area contributed by atoms with Crippen LogP contribution in [-0.2, 0) is 14.8 Å². The number of aliphatic carboxylic acids is 1. The van der Waals surface area contributed by atoms with Crippen LogP contribution in [0.3, 0.4) is 0 Å². The van der Waals surface area contributed by atoms with Gasteiger partial charge in [0.2, 0.25) is 10.0 Å². The normalized spacial score (nSPS) is 14.5. The van der Waals surface area contributed by atoms with Gasteiger partial charge in [-0.25, -0.2) is 8.42 Å². The van der Waals surface area contributed by atoms with Crippen LogP contribution in [0.2, 0.25) is 0 Å². The summed E-state index contributed by atoms with van der Waals surface area (Å²) < 4.78 is 26.8. The van der Waals surface area contributed by atoms with Gasteiger partial charge in [0.15, 0.2) is 0 Å². The Morgan fingerprint density at radius 1 is 1.29 bits per heavy atom. The number of anilines is 1. The van der Waals surface area contributed by atoms with Crippen LogP contribution >= 0.6 is 0 Å². The second-order valence-corrected chi connectivity index (χ2v) is 6.93. The van der Waals surface area contributed by atoms with Crippen molar-refractivity contribution >= 4 is 21.7 Å². The Labute approximate surface area is 125 Å². The van der Waals surface area contributed by atoms with Crippen molar-refractivity contribution in [2.24, 2.45) is 5.92 Å². The van der Waals surface area contributed by atoms with E-state index in [4.69, 9.17) is 5.11 Å². The number of rotatable bonds is 7. The molecule has 118 valence electrons. The highest BCUT2D eigenvalue weighted by atomic mass is 32.2. The smallest absolute Gasteiger partial charge is 0.322 e. The number of hydrogen-bond acceptors (Lipinski definition) is 4. The Hall–Kier alpha value is -1.60. The van der Waals surface area contributed by atoms with Crippen LogP contribution in [0.25, 0.3) is 0 Å². The van der Waals surface area contributed by atoms with E-state index in [1.54, 1.807) is 19.1 Å². The summed E-state index contributed by atoms with van der Waals surface area (Å²) in [5, 5.41) is 9.17. The summed E-state index contributed by atoms with van der Waals surface area (Å²) in [4.78, 5) is 13.1. The molecule has 0 aliphatic rings. The SMILES string of the molecule is CC[C@H](C)[C@H](NS(=O)(=O)c1ccc(N(C)C)cc1)C(=O)O. The van der Waals surface area contributed by atoms with E-state index in [-0.39, 0.29) is 10.8 Å². The van der Waals surface area contributed by atoms with Gasteiger partial charge in [-0.2, -0.15) is 4.72 Å². The maximum Gasteiger partial charge on any atom is 0.322 e. The summed E-state index contributed by atoms with van der Waals surface area (Å²) in [6.07, 6.45) is 0.569. The number of benzene rings is 1. The summed E-state index contributed by atoms with van der Waals surface area (Å²) >= 11 is 0. The minimum absolute atomic E-state index is 0.0580. The predicted molar refractivity (Wildman–Crippen MR) is 82.0 cm³/mol. The van der Waals surface area contributed by atoms with Gasteiger partial charge in [-0.05, 0) is 30.2 Å². The quantitative estimate of drug-likeness (QED) is 0.797. The molecule has 2 N–H and O–H groups in total. The predicted octanol–water partition coefficient (Wildman–Crippen LogP) is 1.53. The van der Waals surface area contributed by atoms with E-state index in [1.807, 2.05) is 25.9 Å². The fourth-order valence-electron chi connectivity index (χ4n) is 1.80. The molecular formula is C14H22N2O4S. The molecular weight excluding hydrogens is 292 g/mol. The Bertz CT molecular complexity index is 581. The van der Waals surface area contributed by atoms with Crippen molar-refractivity contribution in [2.45, 2.75) is 31.2 Å². The molecule has 0 aliphatic carbocycles. The average Bonchev–Trinajstić information content (AvgIpc) is 2.43. The summed E-state index contributed by atoms with van der Waals surface area (Å²) in [7, 11) is -0.147. The van der Waals surface area contributed by atoms with Crippen LogP contribution < -0.4 is 9.62 Å². The van der Waals surface area contributed by atoms with Gasteiger partial charge in [0, 0.05) is 19.8 Å². The zero-order valence-electron chi connectivity index (χ0n) is 12.7. The fourth-order valence-corrected chi connectivity index (χ4v) is 3.10. The number of nitrogens with one attached hydrogen (secondary N) is 1. The number of hydrogen-bond donors (Lipinski definition) is 2. The Morgan fingerprint density at radius 2 is 1.81 bits per heavy atom. The molecule has 1 aromatic carbocycles. The van der Waals surface area contributed by atoms with E-state index >= 15 is 0 Å². The second kappa shape index (κ2) is 6.91. The first-order chi connectivity index (χ1) is 9.69. The summed E-state index contributed by atoms with van der Waals surface area (Å²) in [5.41, 5.74) is 0.866. The van der Waals surface area contributed by atoms with Crippen molar-refractivity contribution in [3.8, 4) is 0 Å². The molecule has 1 rings (SSSR count). The number of sulfonamides is 1. The maximum absolute atomic E-state index is 12.3. The van der Waals surface area contributed by atoms with Crippen molar-refractivity contribution in [3.05, 3.63) is 24.3 Å². The van der Waals surface area contributed by atoms with E-state index in [0.717, 1.165) is 5.69 Å². The molecule has 0 saturated carbocycles. The molecule has 7 heteroatoms. The zero-order valence-corrected chi connectivity index (χ0v) is 13.5. The number of carboxylic acids is 1. The van der Waals surface area contributed by atoms with Crippen molar-refractivity contribution in [1.29, 1.82) is 0 Å². The maximum atomic E-state index is 12.3. The third-order valence-corrected chi connectivity index (χ3v) is 4.88. The van der Waals surface area contributed by atoms with Gasteiger partial charge >= 0.3 is 5.97 Å². The Balaban J connectivity index is 3.02. The minimum Gasteiger partial charge on any atom is -0.480 e. The lowest BCUT2D eigenvalue weighted by atomic mass is 10.0. The Morgan fingerprint density at radius 3 is 2.19 bits per heavy atom. The summed E-state index contributed by atoms with van der Waals surface area (Å²) in [5.74, 6) is -1.46.